The van der Waals surface area contributed by atoms with Crippen LogP contribution in [0.25, 0.3) is 0 Å². The molecule has 0 aliphatic heterocycles. The van der Waals surface area contributed by atoms with E-state index in [2.05, 4.69) is 31.2 Å². The molecule has 0 rings (SSSR count). The second-order valence-electron chi connectivity index (χ2n) is 5.36. The molecule has 0 atom stereocenters. The summed E-state index contributed by atoms with van der Waals surface area (Å²) < 4.78 is 0. The number of allylic oxidation sites excluding steroid dienone is 4. The fourth-order valence-electron chi connectivity index (χ4n) is 2.05. The number of carbonyl (C=O) groups is 1. The second-order valence-corrected chi connectivity index (χ2v) is 5.36. The summed E-state index contributed by atoms with van der Waals surface area (Å²) in [6.07, 6.45) is 22.3. The van der Waals surface area contributed by atoms with E-state index >= 15 is 0 Å². The van der Waals surface area contributed by atoms with Gasteiger partial charge in [-0.3, -0.25) is 4.79 Å². The average Bonchev–Trinajstić information content (AvgIpc) is 2.43. The van der Waals surface area contributed by atoms with Crippen molar-refractivity contribution in [3.63, 3.8) is 0 Å². The number of unbranched alkanes of at least 4 members (excludes halogenated alkanes) is 8. The van der Waals surface area contributed by atoms with Crippen LogP contribution in [0.5, 0.6) is 0 Å². The second kappa shape index (κ2) is 16.0. The van der Waals surface area contributed by atoms with Crippen molar-refractivity contribution in [1.29, 1.82) is 0 Å². The normalized spacial score (nSPS) is 11.7. The third-order valence-corrected chi connectivity index (χ3v) is 3.31. The zero-order valence-corrected chi connectivity index (χ0v) is 13.2. The van der Waals surface area contributed by atoms with E-state index in [9.17, 15) is 4.79 Å². The molecule has 1 N–H and O–H groups in total. The van der Waals surface area contributed by atoms with Crippen LogP contribution >= 0.6 is 0 Å². The molecular weight excluding hydrogens is 248 g/mol. The molecular formula is C18H32O2. The molecule has 0 aromatic carbocycles. The molecule has 0 heterocycles. The molecule has 0 radical (unpaired) electrons. The Labute approximate surface area is 125 Å². The summed E-state index contributed by atoms with van der Waals surface area (Å²) >= 11 is 0. The zero-order valence-electron chi connectivity index (χ0n) is 13.2. The van der Waals surface area contributed by atoms with E-state index in [0.717, 1.165) is 25.7 Å². The van der Waals surface area contributed by atoms with Gasteiger partial charge < -0.3 is 5.11 Å². The summed E-state index contributed by atoms with van der Waals surface area (Å²) in [6.45, 7) is 2.25. The van der Waals surface area contributed by atoms with Gasteiger partial charge in [-0.2, -0.15) is 0 Å². The van der Waals surface area contributed by atoms with Crippen LogP contribution in [0.2, 0.25) is 0 Å². The fraction of sp³-hybridized carbons (Fsp3) is 0.722. The maximum absolute atomic E-state index is 10.3. The van der Waals surface area contributed by atoms with Gasteiger partial charge in [0.2, 0.25) is 0 Å². The topological polar surface area (TPSA) is 37.3 Å². The van der Waals surface area contributed by atoms with Gasteiger partial charge in [-0.15, -0.1) is 0 Å². The average molecular weight is 280 g/mol. The van der Waals surface area contributed by atoms with Gasteiger partial charge in [-0.05, 0) is 51.4 Å². The van der Waals surface area contributed by atoms with Crippen LogP contribution in [0.3, 0.4) is 0 Å². The molecule has 0 aliphatic carbocycles. The molecule has 0 aromatic rings. The van der Waals surface area contributed by atoms with Crippen LogP contribution < -0.4 is 0 Å². The molecule has 0 fully saturated rings. The molecule has 0 amide bonds. The monoisotopic (exact) mass is 280 g/mol. The Morgan fingerprint density at radius 1 is 0.750 bits per heavy atom. The molecule has 20 heavy (non-hydrogen) atoms. The molecule has 0 aliphatic rings. The van der Waals surface area contributed by atoms with Crippen LogP contribution in [0.1, 0.15) is 84.0 Å². The van der Waals surface area contributed by atoms with Crippen molar-refractivity contribution in [3.8, 4) is 0 Å². The van der Waals surface area contributed by atoms with Gasteiger partial charge in [0.05, 0.1) is 0 Å². The first-order valence-corrected chi connectivity index (χ1v) is 8.29. The fourth-order valence-corrected chi connectivity index (χ4v) is 2.05. The van der Waals surface area contributed by atoms with E-state index in [4.69, 9.17) is 5.11 Å². The van der Waals surface area contributed by atoms with Crippen LogP contribution in [0.15, 0.2) is 24.3 Å². The highest BCUT2D eigenvalue weighted by atomic mass is 16.4. The summed E-state index contributed by atoms with van der Waals surface area (Å²) in [6, 6.07) is 0. The smallest absolute Gasteiger partial charge is 0.303 e. The van der Waals surface area contributed by atoms with E-state index in [-0.39, 0.29) is 0 Å². The SMILES string of the molecule is CCCCCC/C=C/CCC/C=C\CCCCC(=O)O. The predicted octanol–water partition coefficient (Wildman–Crippen LogP) is 5.88. The van der Waals surface area contributed by atoms with Crippen LogP contribution in [-0.2, 0) is 4.79 Å². The zero-order chi connectivity index (χ0) is 14.9. The first-order valence-electron chi connectivity index (χ1n) is 8.29. The van der Waals surface area contributed by atoms with Crippen LogP contribution in [0.4, 0.5) is 0 Å². The molecule has 0 saturated carbocycles. The van der Waals surface area contributed by atoms with Crippen molar-refractivity contribution >= 4 is 5.97 Å². The summed E-state index contributed by atoms with van der Waals surface area (Å²) in [7, 11) is 0. The maximum Gasteiger partial charge on any atom is 0.303 e. The lowest BCUT2D eigenvalue weighted by molar-refractivity contribution is -0.137. The molecule has 0 saturated heterocycles. The van der Waals surface area contributed by atoms with Crippen molar-refractivity contribution < 1.29 is 9.90 Å². The number of aliphatic carboxylic acids is 1. The van der Waals surface area contributed by atoms with Crippen LogP contribution in [-0.4, -0.2) is 11.1 Å². The van der Waals surface area contributed by atoms with Gasteiger partial charge in [-0.25, -0.2) is 0 Å². The Morgan fingerprint density at radius 3 is 1.75 bits per heavy atom. The Morgan fingerprint density at radius 2 is 1.25 bits per heavy atom. The summed E-state index contributed by atoms with van der Waals surface area (Å²) in [5.41, 5.74) is 0. The largest absolute Gasteiger partial charge is 0.481 e. The summed E-state index contributed by atoms with van der Waals surface area (Å²) in [5, 5.41) is 8.49. The number of carboxylic acid groups (broad SMARTS) is 1. The molecule has 0 spiro atoms. The first-order chi connectivity index (χ1) is 9.77. The standard InChI is InChI=1S/C18H32O2/c1-2-3-4-5-6-7-8-9-10-11-12-13-14-15-16-17-18(19)20/h7-8,12-13H,2-6,9-11,14-17H2,1H3,(H,19,20)/b8-7+,13-12-. The lowest BCUT2D eigenvalue weighted by Gasteiger charge is -1.95. The van der Waals surface area contributed by atoms with E-state index in [1.165, 1.54) is 44.9 Å². The lowest BCUT2D eigenvalue weighted by atomic mass is 10.1. The van der Waals surface area contributed by atoms with Crippen LogP contribution in [0, 0.1) is 0 Å². The lowest BCUT2D eigenvalue weighted by Crippen LogP contribution is -1.92. The number of hydrogen-bond donors (Lipinski definition) is 1. The maximum atomic E-state index is 10.3. The van der Waals surface area contributed by atoms with E-state index in [1.807, 2.05) is 0 Å². The van der Waals surface area contributed by atoms with Gasteiger partial charge in [0.15, 0.2) is 0 Å². The van der Waals surface area contributed by atoms with E-state index < -0.39 is 5.97 Å². The molecule has 0 aromatic heterocycles. The quantitative estimate of drug-likeness (QED) is 0.318. The van der Waals surface area contributed by atoms with Crippen molar-refractivity contribution in [1.82, 2.24) is 0 Å². The third kappa shape index (κ3) is 16.9. The van der Waals surface area contributed by atoms with Gasteiger partial charge in [0, 0.05) is 6.42 Å². The summed E-state index contributed by atoms with van der Waals surface area (Å²) in [5.74, 6) is -0.685. The molecule has 0 unspecified atom stereocenters. The Kier molecular flexibility index (Phi) is 15.2. The minimum Gasteiger partial charge on any atom is -0.481 e. The molecule has 116 valence electrons. The minimum absolute atomic E-state index is 0.302. The highest BCUT2D eigenvalue weighted by Crippen LogP contribution is 2.05. The van der Waals surface area contributed by atoms with Crippen molar-refractivity contribution in [2.45, 2.75) is 84.0 Å². The highest BCUT2D eigenvalue weighted by molar-refractivity contribution is 5.66. The van der Waals surface area contributed by atoms with E-state index in [0.29, 0.717) is 6.42 Å². The van der Waals surface area contributed by atoms with Crippen molar-refractivity contribution in [2.75, 3.05) is 0 Å². The third-order valence-electron chi connectivity index (χ3n) is 3.31. The predicted molar refractivity (Wildman–Crippen MR) is 87.0 cm³/mol. The van der Waals surface area contributed by atoms with Crippen molar-refractivity contribution in [3.05, 3.63) is 24.3 Å². The number of rotatable bonds is 14. The Hall–Kier alpha value is -1.05. The van der Waals surface area contributed by atoms with Gasteiger partial charge in [0.1, 0.15) is 0 Å². The van der Waals surface area contributed by atoms with Gasteiger partial charge in [0.25, 0.3) is 0 Å². The minimum atomic E-state index is -0.685. The molecule has 0 bridgehead atoms. The Balaban J connectivity index is 3.18. The van der Waals surface area contributed by atoms with Gasteiger partial charge in [-0.1, -0.05) is 50.5 Å². The number of carboxylic acids is 1. The van der Waals surface area contributed by atoms with Gasteiger partial charge >= 0.3 is 5.97 Å². The molecule has 2 heteroatoms. The number of hydrogen-bond acceptors (Lipinski definition) is 1. The molecule has 2 nitrogen and oxygen atoms in total. The first kappa shape index (κ1) is 18.9. The highest BCUT2D eigenvalue weighted by Gasteiger charge is 1.94. The Bertz CT molecular complexity index is 267. The summed E-state index contributed by atoms with van der Waals surface area (Å²) in [4.78, 5) is 10.3. The van der Waals surface area contributed by atoms with E-state index in [1.54, 1.807) is 0 Å². The van der Waals surface area contributed by atoms with Crippen molar-refractivity contribution in [2.24, 2.45) is 0 Å².